The molecule has 0 spiro atoms. The smallest absolute Gasteiger partial charge is 0.253 e. The first kappa shape index (κ1) is 19.3. The van der Waals surface area contributed by atoms with Gasteiger partial charge in [-0.25, -0.2) is 0 Å². The summed E-state index contributed by atoms with van der Waals surface area (Å²) in [5.74, 6) is 0.479. The highest BCUT2D eigenvalue weighted by molar-refractivity contribution is 6.43. The number of hydrogen-bond donors (Lipinski definition) is 1. The molecule has 0 saturated heterocycles. The van der Waals surface area contributed by atoms with Crippen molar-refractivity contribution in [2.24, 2.45) is 0 Å². The fraction of sp³-hybridized carbons (Fsp3) is 0.136. The van der Waals surface area contributed by atoms with Crippen LogP contribution in [0.4, 0.5) is 0 Å². The van der Waals surface area contributed by atoms with Gasteiger partial charge in [0.2, 0.25) is 0 Å². The molecule has 0 fully saturated rings. The Hall–Kier alpha value is -2.49. The molecule has 0 saturated carbocycles. The normalized spacial score (nSPS) is 10.4. The molecule has 0 aromatic heterocycles. The summed E-state index contributed by atoms with van der Waals surface area (Å²) < 4.78 is 5.92. The number of benzene rings is 3. The van der Waals surface area contributed by atoms with Crippen molar-refractivity contribution in [1.29, 1.82) is 0 Å². The fourth-order valence-electron chi connectivity index (χ4n) is 2.66. The van der Waals surface area contributed by atoms with Crippen molar-refractivity contribution < 1.29 is 9.53 Å². The maximum absolute atomic E-state index is 12.4. The molecule has 27 heavy (non-hydrogen) atoms. The Bertz CT molecular complexity index is 913. The number of carbonyl (C=O) groups is 1. The van der Waals surface area contributed by atoms with Crippen LogP contribution in [0.3, 0.4) is 0 Å². The molecule has 5 heteroatoms. The van der Waals surface area contributed by atoms with Gasteiger partial charge >= 0.3 is 0 Å². The number of hydrogen-bond acceptors (Lipinski definition) is 2. The molecule has 0 atom stereocenters. The van der Waals surface area contributed by atoms with Crippen LogP contribution in [0.25, 0.3) is 0 Å². The van der Waals surface area contributed by atoms with Crippen molar-refractivity contribution in [1.82, 2.24) is 5.32 Å². The third kappa shape index (κ3) is 5.25. The Morgan fingerprint density at radius 1 is 0.889 bits per heavy atom. The SMILES string of the molecule is O=C(NCc1ccccc1OCCc1ccccc1)c1cccc(Cl)c1Cl. The van der Waals surface area contributed by atoms with Crippen molar-refractivity contribution in [3.8, 4) is 5.75 Å². The van der Waals surface area contributed by atoms with Crippen LogP contribution in [-0.2, 0) is 13.0 Å². The molecule has 3 nitrogen and oxygen atoms in total. The minimum atomic E-state index is -0.276. The number of para-hydroxylation sites is 1. The second kappa shape index (κ2) is 9.45. The summed E-state index contributed by atoms with van der Waals surface area (Å²) >= 11 is 12.1. The number of amides is 1. The van der Waals surface area contributed by atoms with Gasteiger partial charge in [-0.15, -0.1) is 0 Å². The lowest BCUT2D eigenvalue weighted by Gasteiger charge is -2.13. The lowest BCUT2D eigenvalue weighted by Crippen LogP contribution is -2.23. The van der Waals surface area contributed by atoms with Crippen LogP contribution in [0.1, 0.15) is 21.5 Å². The van der Waals surface area contributed by atoms with Crippen molar-refractivity contribution in [3.05, 3.63) is 99.5 Å². The highest BCUT2D eigenvalue weighted by atomic mass is 35.5. The first-order valence-electron chi connectivity index (χ1n) is 8.62. The number of carbonyl (C=O) groups excluding carboxylic acids is 1. The molecular weight excluding hydrogens is 381 g/mol. The summed E-state index contributed by atoms with van der Waals surface area (Å²) in [4.78, 5) is 12.4. The Morgan fingerprint density at radius 2 is 1.63 bits per heavy atom. The van der Waals surface area contributed by atoms with Gasteiger partial charge in [0, 0.05) is 18.5 Å². The first-order valence-corrected chi connectivity index (χ1v) is 9.37. The van der Waals surface area contributed by atoms with Gasteiger partial charge in [0.1, 0.15) is 5.75 Å². The molecule has 138 valence electrons. The molecule has 0 aliphatic rings. The molecule has 3 aromatic rings. The Labute approximate surface area is 168 Å². The number of rotatable bonds is 7. The Morgan fingerprint density at radius 3 is 2.44 bits per heavy atom. The van der Waals surface area contributed by atoms with Crippen LogP contribution in [0, 0.1) is 0 Å². The lowest BCUT2D eigenvalue weighted by atomic mass is 10.1. The predicted molar refractivity (Wildman–Crippen MR) is 110 cm³/mol. The summed E-state index contributed by atoms with van der Waals surface area (Å²) in [6, 6.07) is 22.8. The van der Waals surface area contributed by atoms with E-state index in [9.17, 15) is 4.79 Å². The second-order valence-corrected chi connectivity index (χ2v) is 6.76. The van der Waals surface area contributed by atoms with E-state index in [0.717, 1.165) is 17.7 Å². The van der Waals surface area contributed by atoms with Gasteiger partial charge in [0.05, 0.1) is 22.2 Å². The predicted octanol–water partition coefficient (Wildman–Crippen LogP) is 5.54. The van der Waals surface area contributed by atoms with E-state index in [1.165, 1.54) is 5.56 Å². The van der Waals surface area contributed by atoms with Crippen LogP contribution in [0.15, 0.2) is 72.8 Å². The quantitative estimate of drug-likeness (QED) is 0.565. The average Bonchev–Trinajstić information content (AvgIpc) is 2.70. The fourth-order valence-corrected chi connectivity index (χ4v) is 3.05. The molecule has 0 heterocycles. The maximum atomic E-state index is 12.4. The summed E-state index contributed by atoms with van der Waals surface area (Å²) in [5, 5.41) is 3.48. The first-order chi connectivity index (χ1) is 13.1. The molecule has 0 aliphatic heterocycles. The largest absolute Gasteiger partial charge is 0.493 e. The standard InChI is InChI=1S/C22H19Cl2NO2/c23-19-11-6-10-18(21(19)24)22(26)25-15-17-9-4-5-12-20(17)27-14-13-16-7-2-1-3-8-16/h1-12H,13-15H2,(H,25,26). The van der Waals surface area contributed by atoms with Gasteiger partial charge in [-0.2, -0.15) is 0 Å². The third-order valence-electron chi connectivity index (χ3n) is 4.10. The molecule has 3 rings (SSSR count). The van der Waals surface area contributed by atoms with Gasteiger partial charge < -0.3 is 10.1 Å². The van der Waals surface area contributed by atoms with Crippen molar-refractivity contribution in [2.75, 3.05) is 6.61 Å². The number of halogens is 2. The summed E-state index contributed by atoms with van der Waals surface area (Å²) in [6.45, 7) is 0.901. The van der Waals surface area contributed by atoms with Gasteiger partial charge in [0.25, 0.3) is 5.91 Å². The summed E-state index contributed by atoms with van der Waals surface area (Å²) in [7, 11) is 0. The van der Waals surface area contributed by atoms with E-state index >= 15 is 0 Å². The average molecular weight is 400 g/mol. The monoisotopic (exact) mass is 399 g/mol. The molecule has 0 bridgehead atoms. The highest BCUT2D eigenvalue weighted by Crippen LogP contribution is 2.25. The van der Waals surface area contributed by atoms with E-state index < -0.39 is 0 Å². The minimum Gasteiger partial charge on any atom is -0.493 e. The number of nitrogens with one attached hydrogen (secondary N) is 1. The van der Waals surface area contributed by atoms with Gasteiger partial charge in [-0.1, -0.05) is 77.8 Å². The van der Waals surface area contributed by atoms with Crippen LogP contribution >= 0.6 is 23.2 Å². The van der Waals surface area contributed by atoms with E-state index in [1.54, 1.807) is 18.2 Å². The molecule has 0 aliphatic carbocycles. The van der Waals surface area contributed by atoms with Crippen LogP contribution in [-0.4, -0.2) is 12.5 Å². The summed E-state index contributed by atoms with van der Waals surface area (Å²) in [6.07, 6.45) is 0.819. The van der Waals surface area contributed by atoms with E-state index in [2.05, 4.69) is 17.4 Å². The van der Waals surface area contributed by atoms with Crippen molar-refractivity contribution in [2.45, 2.75) is 13.0 Å². The highest BCUT2D eigenvalue weighted by Gasteiger charge is 2.13. The Kier molecular flexibility index (Phi) is 6.74. The zero-order chi connectivity index (χ0) is 19.1. The van der Waals surface area contributed by atoms with E-state index in [1.807, 2.05) is 42.5 Å². The molecular formula is C22H19Cl2NO2. The van der Waals surface area contributed by atoms with Gasteiger partial charge in [0.15, 0.2) is 0 Å². The molecule has 1 N–H and O–H groups in total. The van der Waals surface area contributed by atoms with Crippen LogP contribution in [0.5, 0.6) is 5.75 Å². The molecule has 0 radical (unpaired) electrons. The topological polar surface area (TPSA) is 38.3 Å². The van der Waals surface area contributed by atoms with E-state index in [0.29, 0.717) is 23.7 Å². The molecule has 0 unspecified atom stereocenters. The van der Waals surface area contributed by atoms with Crippen molar-refractivity contribution in [3.63, 3.8) is 0 Å². The zero-order valence-corrected chi connectivity index (χ0v) is 16.1. The Balaban J connectivity index is 1.60. The van der Waals surface area contributed by atoms with Crippen molar-refractivity contribution >= 4 is 29.1 Å². The van der Waals surface area contributed by atoms with Gasteiger partial charge in [-0.3, -0.25) is 4.79 Å². The molecule has 3 aromatic carbocycles. The third-order valence-corrected chi connectivity index (χ3v) is 4.92. The van der Waals surface area contributed by atoms with E-state index in [-0.39, 0.29) is 10.9 Å². The molecule has 1 amide bonds. The van der Waals surface area contributed by atoms with Crippen LogP contribution < -0.4 is 10.1 Å². The second-order valence-electron chi connectivity index (χ2n) is 5.98. The lowest BCUT2D eigenvalue weighted by molar-refractivity contribution is 0.0951. The maximum Gasteiger partial charge on any atom is 0.253 e. The number of ether oxygens (including phenoxy) is 1. The van der Waals surface area contributed by atoms with E-state index in [4.69, 9.17) is 27.9 Å². The summed E-state index contributed by atoms with van der Waals surface area (Å²) in [5.41, 5.74) is 2.47. The minimum absolute atomic E-state index is 0.254. The van der Waals surface area contributed by atoms with Crippen LogP contribution in [0.2, 0.25) is 10.0 Å². The zero-order valence-electron chi connectivity index (χ0n) is 14.6. The van der Waals surface area contributed by atoms with Gasteiger partial charge in [-0.05, 0) is 23.8 Å².